The van der Waals surface area contributed by atoms with Gasteiger partial charge in [-0.3, -0.25) is 9.69 Å². The largest absolute Gasteiger partial charge is 0.496 e. The van der Waals surface area contributed by atoms with E-state index in [1.165, 1.54) is 30.0 Å². The fourth-order valence-electron chi connectivity index (χ4n) is 4.86. The van der Waals surface area contributed by atoms with Gasteiger partial charge in [0.05, 0.1) is 29.9 Å². The van der Waals surface area contributed by atoms with Gasteiger partial charge in [0.2, 0.25) is 10.0 Å². The summed E-state index contributed by atoms with van der Waals surface area (Å²) in [4.78, 5) is 15.7. The Morgan fingerprint density at radius 3 is 2.35 bits per heavy atom. The van der Waals surface area contributed by atoms with Gasteiger partial charge in [-0.1, -0.05) is 19.3 Å². The van der Waals surface area contributed by atoms with Gasteiger partial charge >= 0.3 is 0 Å². The van der Waals surface area contributed by atoms with Crippen LogP contribution in [0.2, 0.25) is 0 Å². The van der Waals surface area contributed by atoms with E-state index >= 15 is 0 Å². The smallest absolute Gasteiger partial charge is 0.255 e. The summed E-state index contributed by atoms with van der Waals surface area (Å²) in [6, 6.07) is 8.24. The number of furan rings is 1. The number of benzene rings is 1. The molecule has 2 aliphatic heterocycles. The van der Waals surface area contributed by atoms with Gasteiger partial charge in [-0.15, -0.1) is 0 Å². The number of carbonyl (C=O) groups excluding carboxylic acids is 1. The highest BCUT2D eigenvalue weighted by atomic mass is 32.2. The zero-order valence-corrected chi connectivity index (χ0v) is 20.7. The van der Waals surface area contributed by atoms with E-state index in [1.54, 1.807) is 12.3 Å². The predicted molar refractivity (Wildman–Crippen MR) is 129 cm³/mol. The van der Waals surface area contributed by atoms with Crippen LogP contribution in [-0.4, -0.2) is 63.4 Å². The molecule has 3 heterocycles. The molecule has 2 aromatic rings. The standard InChI is InChI=1S/C25H35N3O5S/c1-32-23-12-11-20(34(30,31)28-15-7-2-3-8-16-28)18-21(23)25(29)26-19-22(24-10-9-17-33-24)27-13-5-4-6-14-27/h9-12,17-18,22H,2-8,13-16,19H2,1H3,(H,26,29). The molecule has 0 spiro atoms. The number of nitrogens with one attached hydrogen (secondary N) is 1. The van der Waals surface area contributed by atoms with Gasteiger partial charge in [0.25, 0.3) is 5.91 Å². The zero-order chi connectivity index (χ0) is 24.0. The molecule has 0 saturated carbocycles. The highest BCUT2D eigenvalue weighted by molar-refractivity contribution is 7.89. The van der Waals surface area contributed by atoms with Crippen LogP contribution in [0.15, 0.2) is 45.9 Å². The van der Waals surface area contributed by atoms with Crippen LogP contribution in [-0.2, 0) is 10.0 Å². The molecule has 1 atom stereocenters. The van der Waals surface area contributed by atoms with Crippen LogP contribution in [0.5, 0.6) is 5.75 Å². The molecule has 1 N–H and O–H groups in total. The molecule has 1 aromatic carbocycles. The van der Waals surface area contributed by atoms with E-state index in [-0.39, 0.29) is 22.4 Å². The summed E-state index contributed by atoms with van der Waals surface area (Å²) in [6.45, 7) is 3.29. The first kappa shape index (κ1) is 24.8. The summed E-state index contributed by atoms with van der Waals surface area (Å²) in [7, 11) is -2.20. The van der Waals surface area contributed by atoms with Crippen LogP contribution in [0, 0.1) is 0 Å². The maximum atomic E-state index is 13.3. The second kappa shape index (κ2) is 11.4. The Kier molecular flexibility index (Phi) is 8.28. The van der Waals surface area contributed by atoms with Crippen LogP contribution in [0.25, 0.3) is 0 Å². The zero-order valence-electron chi connectivity index (χ0n) is 19.9. The number of methoxy groups -OCH3 is 1. The van der Waals surface area contributed by atoms with Crippen LogP contribution in [0.1, 0.15) is 67.1 Å². The molecule has 2 saturated heterocycles. The van der Waals surface area contributed by atoms with E-state index in [0.717, 1.165) is 57.4 Å². The number of hydrogen-bond donors (Lipinski definition) is 1. The van der Waals surface area contributed by atoms with Crippen molar-refractivity contribution < 1.29 is 22.4 Å². The van der Waals surface area contributed by atoms with Crippen molar-refractivity contribution in [3.8, 4) is 5.75 Å². The lowest BCUT2D eigenvalue weighted by molar-refractivity contribution is 0.0911. The fraction of sp³-hybridized carbons (Fsp3) is 0.560. The van der Waals surface area contributed by atoms with E-state index in [0.29, 0.717) is 25.4 Å². The van der Waals surface area contributed by atoms with Crippen molar-refractivity contribution in [2.24, 2.45) is 0 Å². The van der Waals surface area contributed by atoms with Crippen molar-refractivity contribution in [3.05, 3.63) is 47.9 Å². The van der Waals surface area contributed by atoms with E-state index < -0.39 is 10.0 Å². The minimum Gasteiger partial charge on any atom is -0.496 e. The van der Waals surface area contributed by atoms with Crippen molar-refractivity contribution in [1.29, 1.82) is 0 Å². The minimum atomic E-state index is -3.68. The second-order valence-electron chi connectivity index (χ2n) is 9.02. The first-order chi connectivity index (χ1) is 16.5. The van der Waals surface area contributed by atoms with Gasteiger partial charge in [-0.2, -0.15) is 4.31 Å². The van der Waals surface area contributed by atoms with Crippen molar-refractivity contribution in [3.63, 3.8) is 0 Å². The third-order valence-electron chi connectivity index (χ3n) is 6.78. The molecule has 186 valence electrons. The SMILES string of the molecule is COc1ccc(S(=O)(=O)N2CCCCCC2)cc1C(=O)NCC(c1ccco1)N1CCCCC1. The van der Waals surface area contributed by atoms with Crippen molar-refractivity contribution in [1.82, 2.24) is 14.5 Å². The average molecular weight is 490 g/mol. The first-order valence-corrected chi connectivity index (χ1v) is 13.7. The Hall–Kier alpha value is -2.36. The number of nitrogens with zero attached hydrogens (tertiary/aromatic N) is 2. The maximum Gasteiger partial charge on any atom is 0.255 e. The number of ether oxygens (including phenoxy) is 1. The maximum absolute atomic E-state index is 13.3. The summed E-state index contributed by atoms with van der Waals surface area (Å²) in [5, 5.41) is 3.00. The second-order valence-corrected chi connectivity index (χ2v) is 11.0. The monoisotopic (exact) mass is 489 g/mol. The van der Waals surface area contributed by atoms with Crippen LogP contribution >= 0.6 is 0 Å². The Balaban J connectivity index is 1.53. The van der Waals surface area contributed by atoms with Crippen LogP contribution in [0.4, 0.5) is 0 Å². The summed E-state index contributed by atoms with van der Waals surface area (Å²) in [5.74, 6) is 0.796. The predicted octanol–water partition coefficient (Wildman–Crippen LogP) is 3.81. The number of carbonyl (C=O) groups is 1. The van der Waals surface area contributed by atoms with Gasteiger partial charge in [0, 0.05) is 19.6 Å². The summed E-state index contributed by atoms with van der Waals surface area (Å²) in [6.07, 6.45) is 8.88. The molecule has 2 aliphatic rings. The third kappa shape index (κ3) is 5.64. The van der Waals surface area contributed by atoms with Crippen molar-refractivity contribution in [2.45, 2.75) is 55.9 Å². The van der Waals surface area contributed by atoms with E-state index in [2.05, 4.69) is 10.2 Å². The van der Waals surface area contributed by atoms with E-state index in [4.69, 9.17) is 9.15 Å². The van der Waals surface area contributed by atoms with E-state index in [1.807, 2.05) is 12.1 Å². The molecule has 2 fully saturated rings. The molecule has 0 aliphatic carbocycles. The molecule has 1 unspecified atom stereocenters. The number of rotatable bonds is 8. The van der Waals surface area contributed by atoms with Gasteiger partial charge in [-0.05, 0) is 69.1 Å². The number of sulfonamides is 1. The van der Waals surface area contributed by atoms with Gasteiger partial charge < -0.3 is 14.5 Å². The normalized spacial score (nSPS) is 19.3. The van der Waals surface area contributed by atoms with Crippen molar-refractivity contribution >= 4 is 15.9 Å². The molecule has 4 rings (SSSR count). The highest BCUT2D eigenvalue weighted by Gasteiger charge is 2.28. The fourth-order valence-corrected chi connectivity index (χ4v) is 6.41. The molecule has 0 radical (unpaired) electrons. The minimum absolute atomic E-state index is 0.0748. The van der Waals surface area contributed by atoms with Crippen LogP contribution < -0.4 is 10.1 Å². The van der Waals surface area contributed by atoms with Crippen LogP contribution in [0.3, 0.4) is 0 Å². The molecule has 1 amide bonds. The number of piperidine rings is 1. The lowest BCUT2D eigenvalue weighted by Crippen LogP contribution is -2.40. The average Bonchev–Trinajstić information content (AvgIpc) is 3.24. The van der Waals surface area contributed by atoms with E-state index in [9.17, 15) is 13.2 Å². The molecule has 9 heteroatoms. The highest BCUT2D eigenvalue weighted by Crippen LogP contribution is 2.28. The van der Waals surface area contributed by atoms with Gasteiger partial charge in [0.15, 0.2) is 0 Å². The Bertz CT molecular complexity index is 1040. The summed E-state index contributed by atoms with van der Waals surface area (Å²) in [5.41, 5.74) is 0.218. The number of hydrogen-bond acceptors (Lipinski definition) is 6. The molecular weight excluding hydrogens is 454 g/mol. The topological polar surface area (TPSA) is 92.1 Å². The summed E-state index contributed by atoms with van der Waals surface area (Å²) < 4.78 is 39.2. The molecule has 34 heavy (non-hydrogen) atoms. The lowest BCUT2D eigenvalue weighted by atomic mass is 10.1. The van der Waals surface area contributed by atoms with Crippen molar-refractivity contribution in [2.75, 3.05) is 39.8 Å². The number of likely N-dealkylation sites (tertiary alicyclic amines) is 1. The quantitative estimate of drug-likeness (QED) is 0.606. The van der Waals surface area contributed by atoms with Gasteiger partial charge in [0.1, 0.15) is 11.5 Å². The Morgan fingerprint density at radius 2 is 1.71 bits per heavy atom. The number of amides is 1. The molecular formula is C25H35N3O5S. The Labute approximate surface area is 202 Å². The molecule has 8 nitrogen and oxygen atoms in total. The summed E-state index contributed by atoms with van der Waals surface area (Å²) >= 11 is 0. The first-order valence-electron chi connectivity index (χ1n) is 12.2. The Morgan fingerprint density at radius 1 is 1.03 bits per heavy atom. The molecule has 1 aromatic heterocycles. The lowest BCUT2D eigenvalue weighted by Gasteiger charge is -2.33. The molecule has 0 bridgehead atoms. The third-order valence-corrected chi connectivity index (χ3v) is 8.67. The van der Waals surface area contributed by atoms with Gasteiger partial charge in [-0.25, -0.2) is 8.42 Å².